The van der Waals surface area contributed by atoms with Crippen molar-refractivity contribution in [2.75, 3.05) is 6.61 Å². The lowest BCUT2D eigenvalue weighted by Crippen LogP contribution is -2.31. The number of primary amides is 1. The SMILES string of the molecule is CC(CC(N)=O)C(=O)NCc1ccnc(OCC(F)(F)F)c1. The third-order valence-corrected chi connectivity index (χ3v) is 2.60. The van der Waals surface area contributed by atoms with Gasteiger partial charge in [-0.25, -0.2) is 4.98 Å². The Bertz CT molecular complexity index is 535. The quantitative estimate of drug-likeness (QED) is 0.788. The van der Waals surface area contributed by atoms with Crippen LogP contribution in [0.2, 0.25) is 0 Å². The van der Waals surface area contributed by atoms with Crippen LogP contribution in [0.25, 0.3) is 0 Å². The molecule has 1 heterocycles. The first-order valence-electron chi connectivity index (χ1n) is 6.38. The maximum absolute atomic E-state index is 12.0. The van der Waals surface area contributed by atoms with Gasteiger partial charge in [-0.15, -0.1) is 0 Å². The highest BCUT2D eigenvalue weighted by Gasteiger charge is 2.28. The van der Waals surface area contributed by atoms with Gasteiger partial charge in [0, 0.05) is 31.1 Å². The van der Waals surface area contributed by atoms with Crippen LogP contribution in [0, 0.1) is 5.92 Å². The summed E-state index contributed by atoms with van der Waals surface area (Å²) in [6.07, 6.45) is -3.25. The predicted molar refractivity (Wildman–Crippen MR) is 70.6 cm³/mol. The van der Waals surface area contributed by atoms with Crippen molar-refractivity contribution in [1.29, 1.82) is 0 Å². The van der Waals surface area contributed by atoms with Crippen LogP contribution in [0.5, 0.6) is 5.88 Å². The first-order valence-corrected chi connectivity index (χ1v) is 6.38. The van der Waals surface area contributed by atoms with E-state index in [2.05, 4.69) is 15.0 Å². The molecule has 9 heteroatoms. The van der Waals surface area contributed by atoms with Gasteiger partial charge in [0.2, 0.25) is 17.7 Å². The van der Waals surface area contributed by atoms with Crippen LogP contribution in [0.4, 0.5) is 13.2 Å². The Labute approximate surface area is 124 Å². The summed E-state index contributed by atoms with van der Waals surface area (Å²) in [5, 5.41) is 2.55. The first-order chi connectivity index (χ1) is 10.2. The Morgan fingerprint density at radius 3 is 2.73 bits per heavy atom. The molecule has 0 aromatic carbocycles. The minimum Gasteiger partial charge on any atom is -0.468 e. The summed E-state index contributed by atoms with van der Waals surface area (Å²) >= 11 is 0. The second-order valence-electron chi connectivity index (χ2n) is 4.70. The van der Waals surface area contributed by atoms with E-state index in [0.29, 0.717) is 5.56 Å². The van der Waals surface area contributed by atoms with E-state index in [9.17, 15) is 22.8 Å². The number of aromatic nitrogens is 1. The molecule has 0 fully saturated rings. The van der Waals surface area contributed by atoms with Crippen LogP contribution in [-0.4, -0.2) is 29.6 Å². The lowest BCUT2D eigenvalue weighted by Gasteiger charge is -2.12. The van der Waals surface area contributed by atoms with Gasteiger partial charge >= 0.3 is 6.18 Å². The van der Waals surface area contributed by atoms with Gasteiger partial charge in [-0.2, -0.15) is 13.2 Å². The van der Waals surface area contributed by atoms with Crippen LogP contribution in [0.3, 0.4) is 0 Å². The zero-order valence-electron chi connectivity index (χ0n) is 11.8. The number of hydrogen-bond acceptors (Lipinski definition) is 4. The highest BCUT2D eigenvalue weighted by Crippen LogP contribution is 2.17. The van der Waals surface area contributed by atoms with Gasteiger partial charge in [-0.3, -0.25) is 9.59 Å². The number of nitrogens with zero attached hydrogens (tertiary/aromatic N) is 1. The number of carbonyl (C=O) groups is 2. The summed E-state index contributed by atoms with van der Waals surface area (Å²) in [6.45, 7) is 0.183. The maximum atomic E-state index is 12.0. The highest BCUT2D eigenvalue weighted by molar-refractivity contribution is 5.84. The Morgan fingerprint density at radius 2 is 2.14 bits per heavy atom. The molecule has 1 unspecified atom stereocenters. The molecule has 1 atom stereocenters. The van der Waals surface area contributed by atoms with Crippen molar-refractivity contribution in [3.63, 3.8) is 0 Å². The van der Waals surface area contributed by atoms with Crippen molar-refractivity contribution in [3.8, 4) is 5.88 Å². The lowest BCUT2D eigenvalue weighted by molar-refractivity contribution is -0.154. The van der Waals surface area contributed by atoms with E-state index in [0.717, 1.165) is 0 Å². The molecule has 122 valence electrons. The minimum absolute atomic E-state index is 0.0762. The minimum atomic E-state index is -4.45. The fraction of sp³-hybridized carbons (Fsp3) is 0.462. The summed E-state index contributed by atoms with van der Waals surface area (Å²) in [5.74, 6) is -1.74. The van der Waals surface area contributed by atoms with Gasteiger partial charge in [0.05, 0.1) is 0 Å². The second-order valence-corrected chi connectivity index (χ2v) is 4.70. The van der Waals surface area contributed by atoms with Gasteiger partial charge in [0.25, 0.3) is 0 Å². The van der Waals surface area contributed by atoms with Crippen molar-refractivity contribution >= 4 is 11.8 Å². The number of alkyl halides is 3. The van der Waals surface area contributed by atoms with Crippen LogP contribution >= 0.6 is 0 Å². The van der Waals surface area contributed by atoms with Gasteiger partial charge < -0.3 is 15.8 Å². The zero-order chi connectivity index (χ0) is 16.8. The molecule has 3 N–H and O–H groups in total. The smallest absolute Gasteiger partial charge is 0.422 e. The molecule has 1 rings (SSSR count). The average Bonchev–Trinajstić information content (AvgIpc) is 2.41. The van der Waals surface area contributed by atoms with Crippen LogP contribution in [-0.2, 0) is 16.1 Å². The summed E-state index contributed by atoms with van der Waals surface area (Å²) in [6, 6.07) is 2.82. The van der Waals surface area contributed by atoms with Gasteiger partial charge in [0.1, 0.15) is 0 Å². The number of ether oxygens (including phenoxy) is 1. The van der Waals surface area contributed by atoms with Crippen molar-refractivity contribution in [2.45, 2.75) is 26.1 Å². The molecule has 0 bridgehead atoms. The molecule has 0 aliphatic carbocycles. The predicted octanol–water partition coefficient (Wildman–Crippen LogP) is 1.15. The van der Waals surface area contributed by atoms with Crippen molar-refractivity contribution in [1.82, 2.24) is 10.3 Å². The number of pyridine rings is 1. The molecule has 22 heavy (non-hydrogen) atoms. The van der Waals surface area contributed by atoms with E-state index in [1.807, 2.05) is 0 Å². The molecule has 6 nitrogen and oxygen atoms in total. The normalized spacial score (nSPS) is 12.5. The van der Waals surface area contributed by atoms with E-state index in [1.165, 1.54) is 18.3 Å². The number of nitrogens with one attached hydrogen (secondary N) is 1. The highest BCUT2D eigenvalue weighted by atomic mass is 19.4. The van der Waals surface area contributed by atoms with Crippen molar-refractivity contribution in [3.05, 3.63) is 23.9 Å². The van der Waals surface area contributed by atoms with E-state index in [1.54, 1.807) is 6.92 Å². The molecule has 1 aromatic rings. The number of carbonyl (C=O) groups excluding carboxylic acids is 2. The fourth-order valence-corrected chi connectivity index (χ4v) is 1.55. The van der Waals surface area contributed by atoms with Crippen LogP contribution in [0.15, 0.2) is 18.3 Å². The largest absolute Gasteiger partial charge is 0.468 e. The number of nitrogens with two attached hydrogens (primary N) is 1. The summed E-state index contributed by atoms with van der Waals surface area (Å²) in [4.78, 5) is 26.0. The lowest BCUT2D eigenvalue weighted by atomic mass is 10.1. The maximum Gasteiger partial charge on any atom is 0.422 e. The standard InChI is InChI=1S/C13H16F3N3O3/c1-8(4-10(17)20)12(21)19-6-9-2-3-18-11(5-9)22-7-13(14,15)16/h2-3,5,8H,4,6-7H2,1H3,(H2,17,20)(H,19,21). The van der Waals surface area contributed by atoms with Gasteiger partial charge in [-0.1, -0.05) is 6.92 Å². The Kier molecular flexibility index (Phi) is 6.14. The molecule has 0 aliphatic heterocycles. The van der Waals surface area contributed by atoms with Crippen molar-refractivity contribution < 1.29 is 27.5 Å². The second kappa shape index (κ2) is 7.62. The monoisotopic (exact) mass is 319 g/mol. The molecule has 0 radical (unpaired) electrons. The third-order valence-electron chi connectivity index (χ3n) is 2.60. The van der Waals surface area contributed by atoms with Crippen LogP contribution in [0.1, 0.15) is 18.9 Å². The molecule has 0 saturated heterocycles. The van der Waals surface area contributed by atoms with E-state index in [4.69, 9.17) is 5.73 Å². The number of amides is 2. The molecule has 0 saturated carbocycles. The van der Waals surface area contributed by atoms with Gasteiger partial charge in [-0.05, 0) is 11.6 Å². The summed E-state index contributed by atoms with van der Waals surface area (Å²) < 4.78 is 40.6. The number of hydrogen-bond donors (Lipinski definition) is 2. The Balaban J connectivity index is 2.53. The van der Waals surface area contributed by atoms with E-state index < -0.39 is 24.6 Å². The Hall–Kier alpha value is -2.32. The number of rotatable bonds is 7. The zero-order valence-corrected chi connectivity index (χ0v) is 11.8. The van der Waals surface area contributed by atoms with Gasteiger partial charge in [0.15, 0.2) is 6.61 Å². The topological polar surface area (TPSA) is 94.3 Å². The summed E-state index contributed by atoms with van der Waals surface area (Å²) in [7, 11) is 0. The molecule has 0 aliphatic rings. The van der Waals surface area contributed by atoms with Crippen molar-refractivity contribution in [2.24, 2.45) is 11.7 Å². The number of halogens is 3. The van der Waals surface area contributed by atoms with E-state index >= 15 is 0 Å². The fourth-order valence-electron chi connectivity index (χ4n) is 1.55. The molecule has 2 amide bonds. The molecular weight excluding hydrogens is 303 g/mol. The summed E-state index contributed by atoms with van der Waals surface area (Å²) in [5.41, 5.74) is 5.51. The molecule has 0 spiro atoms. The average molecular weight is 319 g/mol. The Morgan fingerprint density at radius 1 is 1.45 bits per heavy atom. The first kappa shape index (κ1) is 17.7. The van der Waals surface area contributed by atoms with Crippen LogP contribution < -0.4 is 15.8 Å². The molecule has 1 aromatic heterocycles. The molecular formula is C13H16F3N3O3. The van der Waals surface area contributed by atoms with E-state index in [-0.39, 0.29) is 24.8 Å². The third kappa shape index (κ3) is 6.91.